The van der Waals surface area contributed by atoms with Crippen molar-refractivity contribution in [3.63, 3.8) is 0 Å². The molecule has 0 spiro atoms. The van der Waals surface area contributed by atoms with Crippen LogP contribution >= 0.6 is 11.3 Å². The summed E-state index contributed by atoms with van der Waals surface area (Å²) in [5, 5.41) is 5.91. The number of benzene rings is 1. The van der Waals surface area contributed by atoms with Gasteiger partial charge in [-0.05, 0) is 31.4 Å². The molecular weight excluding hydrogens is 310 g/mol. The summed E-state index contributed by atoms with van der Waals surface area (Å²) in [5.41, 5.74) is 2.05. The summed E-state index contributed by atoms with van der Waals surface area (Å²) in [4.78, 5) is 19.2. The van der Waals surface area contributed by atoms with Crippen LogP contribution in [0.15, 0.2) is 46.3 Å². The molecule has 3 aromatic rings. The quantitative estimate of drug-likeness (QED) is 0.716. The normalized spacial score (nSPS) is 10.7. The van der Waals surface area contributed by atoms with Gasteiger partial charge in [0.1, 0.15) is 6.54 Å². The molecule has 118 valence electrons. The van der Waals surface area contributed by atoms with Crippen molar-refractivity contribution in [1.82, 2.24) is 15.0 Å². The molecule has 6 heteroatoms. The van der Waals surface area contributed by atoms with Gasteiger partial charge in [0.2, 0.25) is 11.7 Å². The number of amides is 1. The Balaban J connectivity index is 1.76. The number of rotatable bonds is 5. The van der Waals surface area contributed by atoms with Gasteiger partial charge in [0.25, 0.3) is 5.91 Å². The minimum Gasteiger partial charge on any atom is -0.337 e. The third-order valence-corrected chi connectivity index (χ3v) is 4.33. The molecule has 0 saturated carbocycles. The second kappa shape index (κ2) is 6.75. The molecule has 0 unspecified atom stereocenters. The molecule has 23 heavy (non-hydrogen) atoms. The third-order valence-electron chi connectivity index (χ3n) is 3.47. The summed E-state index contributed by atoms with van der Waals surface area (Å²) in [5.74, 6) is 0.967. The molecule has 3 rings (SSSR count). The van der Waals surface area contributed by atoms with Crippen LogP contribution in [0.5, 0.6) is 0 Å². The number of hydrogen-bond acceptors (Lipinski definition) is 5. The van der Waals surface area contributed by atoms with Gasteiger partial charge in [-0.3, -0.25) is 4.79 Å². The first-order valence-electron chi connectivity index (χ1n) is 7.39. The van der Waals surface area contributed by atoms with Crippen LogP contribution in [-0.2, 0) is 6.54 Å². The molecule has 1 aromatic carbocycles. The maximum Gasteiger partial charge on any atom is 0.264 e. The highest BCUT2D eigenvalue weighted by molar-refractivity contribution is 7.12. The van der Waals surface area contributed by atoms with Crippen LogP contribution in [0.4, 0.5) is 0 Å². The number of carbonyl (C=O) groups is 1. The molecule has 0 saturated heterocycles. The summed E-state index contributed by atoms with van der Waals surface area (Å²) in [6, 6.07) is 11.6. The number of hydrogen-bond donors (Lipinski definition) is 0. The molecule has 0 aliphatic carbocycles. The van der Waals surface area contributed by atoms with E-state index in [0.29, 0.717) is 29.7 Å². The molecule has 0 aliphatic rings. The molecular formula is C17H17N3O2S. The zero-order valence-corrected chi connectivity index (χ0v) is 13.8. The van der Waals surface area contributed by atoms with Crippen molar-refractivity contribution in [3.8, 4) is 11.4 Å². The van der Waals surface area contributed by atoms with Gasteiger partial charge >= 0.3 is 0 Å². The van der Waals surface area contributed by atoms with E-state index in [-0.39, 0.29) is 5.91 Å². The highest BCUT2D eigenvalue weighted by atomic mass is 32.1. The maximum absolute atomic E-state index is 12.4. The average Bonchev–Trinajstić information content (AvgIpc) is 3.23. The van der Waals surface area contributed by atoms with Crippen molar-refractivity contribution in [3.05, 3.63) is 58.1 Å². The molecule has 2 aromatic heterocycles. The Morgan fingerprint density at radius 1 is 1.30 bits per heavy atom. The first kappa shape index (κ1) is 15.4. The van der Waals surface area contributed by atoms with Gasteiger partial charge < -0.3 is 9.42 Å². The molecule has 2 heterocycles. The molecule has 5 nitrogen and oxygen atoms in total. The Bertz CT molecular complexity index is 796. The smallest absolute Gasteiger partial charge is 0.264 e. The van der Waals surface area contributed by atoms with Crippen LogP contribution in [-0.4, -0.2) is 27.5 Å². The Kier molecular flexibility index (Phi) is 4.52. The van der Waals surface area contributed by atoms with E-state index in [1.807, 2.05) is 55.6 Å². The highest BCUT2D eigenvalue weighted by Gasteiger charge is 2.18. The van der Waals surface area contributed by atoms with Crippen LogP contribution < -0.4 is 0 Å². The van der Waals surface area contributed by atoms with E-state index >= 15 is 0 Å². The van der Waals surface area contributed by atoms with E-state index < -0.39 is 0 Å². The van der Waals surface area contributed by atoms with Crippen LogP contribution in [0, 0.1) is 6.92 Å². The van der Waals surface area contributed by atoms with Crippen molar-refractivity contribution < 1.29 is 9.32 Å². The topological polar surface area (TPSA) is 59.2 Å². The van der Waals surface area contributed by atoms with E-state index in [2.05, 4.69) is 10.1 Å². The Hall–Kier alpha value is -2.47. The van der Waals surface area contributed by atoms with E-state index in [1.54, 1.807) is 4.90 Å². The van der Waals surface area contributed by atoms with Crippen LogP contribution in [0.1, 0.15) is 28.0 Å². The predicted octanol–water partition coefficient (Wildman–Crippen LogP) is 3.77. The first-order valence-corrected chi connectivity index (χ1v) is 8.27. The van der Waals surface area contributed by atoms with Crippen molar-refractivity contribution in [1.29, 1.82) is 0 Å². The minimum absolute atomic E-state index is 0.0159. The lowest BCUT2D eigenvalue weighted by molar-refractivity contribution is 0.0739. The second-order valence-corrected chi connectivity index (χ2v) is 6.13. The minimum atomic E-state index is -0.0159. The van der Waals surface area contributed by atoms with E-state index in [0.717, 1.165) is 11.1 Å². The van der Waals surface area contributed by atoms with Crippen LogP contribution in [0.2, 0.25) is 0 Å². The number of aryl methyl sites for hydroxylation is 1. The summed E-state index contributed by atoms with van der Waals surface area (Å²) < 4.78 is 5.31. The monoisotopic (exact) mass is 327 g/mol. The molecule has 0 N–H and O–H groups in total. The summed E-state index contributed by atoms with van der Waals surface area (Å²) in [6.45, 7) is 4.84. The Morgan fingerprint density at radius 2 is 2.17 bits per heavy atom. The fourth-order valence-corrected chi connectivity index (χ4v) is 2.96. The fraction of sp³-hybridized carbons (Fsp3) is 0.235. The van der Waals surface area contributed by atoms with Gasteiger partial charge in [-0.15, -0.1) is 11.3 Å². The standard InChI is InChI=1S/C17H17N3O2S/c1-3-20(17(21)14-8-5-9-23-14)11-15-18-16(19-22-15)13-7-4-6-12(2)10-13/h4-10H,3,11H2,1-2H3. The fourth-order valence-electron chi connectivity index (χ4n) is 2.27. The predicted molar refractivity (Wildman–Crippen MR) is 89.2 cm³/mol. The number of aromatic nitrogens is 2. The van der Waals surface area contributed by atoms with E-state index in [4.69, 9.17) is 4.52 Å². The SMILES string of the molecule is CCN(Cc1nc(-c2cccc(C)c2)no1)C(=O)c1cccs1. The molecule has 0 bridgehead atoms. The van der Waals surface area contributed by atoms with Gasteiger partial charge in [0.15, 0.2) is 0 Å². The van der Waals surface area contributed by atoms with E-state index in [9.17, 15) is 4.79 Å². The summed E-state index contributed by atoms with van der Waals surface area (Å²) >= 11 is 1.43. The molecule has 1 amide bonds. The lowest BCUT2D eigenvalue weighted by atomic mass is 10.1. The Labute approximate surface area is 138 Å². The van der Waals surface area contributed by atoms with Gasteiger partial charge in [-0.1, -0.05) is 35.0 Å². The first-order chi connectivity index (χ1) is 11.2. The van der Waals surface area contributed by atoms with E-state index in [1.165, 1.54) is 11.3 Å². The van der Waals surface area contributed by atoms with Gasteiger partial charge in [0.05, 0.1) is 4.88 Å². The second-order valence-electron chi connectivity index (χ2n) is 5.18. The molecule has 0 aliphatic heterocycles. The van der Waals surface area contributed by atoms with Gasteiger partial charge in [-0.25, -0.2) is 0 Å². The Morgan fingerprint density at radius 3 is 2.87 bits per heavy atom. The van der Waals surface area contributed by atoms with Crippen LogP contribution in [0.3, 0.4) is 0 Å². The van der Waals surface area contributed by atoms with Crippen molar-refractivity contribution in [2.45, 2.75) is 20.4 Å². The number of nitrogens with zero attached hydrogens (tertiary/aromatic N) is 3. The lowest BCUT2D eigenvalue weighted by Crippen LogP contribution is -2.29. The molecule has 0 fully saturated rings. The third kappa shape index (κ3) is 3.48. The maximum atomic E-state index is 12.4. The number of thiophene rings is 1. The summed E-state index contributed by atoms with van der Waals surface area (Å²) in [7, 11) is 0. The number of carbonyl (C=O) groups excluding carboxylic acids is 1. The van der Waals surface area contributed by atoms with Crippen molar-refractivity contribution >= 4 is 17.2 Å². The van der Waals surface area contributed by atoms with Crippen molar-refractivity contribution in [2.75, 3.05) is 6.54 Å². The molecule has 0 radical (unpaired) electrons. The average molecular weight is 327 g/mol. The van der Waals surface area contributed by atoms with Gasteiger partial charge in [-0.2, -0.15) is 4.98 Å². The van der Waals surface area contributed by atoms with Crippen LogP contribution in [0.25, 0.3) is 11.4 Å². The largest absolute Gasteiger partial charge is 0.337 e. The zero-order valence-electron chi connectivity index (χ0n) is 13.0. The highest BCUT2D eigenvalue weighted by Crippen LogP contribution is 2.18. The van der Waals surface area contributed by atoms with Gasteiger partial charge in [0, 0.05) is 12.1 Å². The molecule has 0 atom stereocenters. The zero-order chi connectivity index (χ0) is 16.2. The lowest BCUT2D eigenvalue weighted by Gasteiger charge is -2.17. The van der Waals surface area contributed by atoms with Crippen molar-refractivity contribution in [2.24, 2.45) is 0 Å². The summed E-state index contributed by atoms with van der Waals surface area (Å²) in [6.07, 6.45) is 0.